The van der Waals surface area contributed by atoms with Crippen LogP contribution in [0.3, 0.4) is 0 Å². The quantitative estimate of drug-likeness (QED) is 0.895. The number of hydrogen-bond acceptors (Lipinski definition) is 2. The highest BCUT2D eigenvalue weighted by Gasteiger charge is 2.32. The first kappa shape index (κ1) is 14.0. The molecule has 0 fully saturated rings. The molecule has 1 aliphatic heterocycles. The van der Waals surface area contributed by atoms with Crippen molar-refractivity contribution in [3.05, 3.63) is 52.5 Å². The average molecular weight is 303 g/mol. The first-order chi connectivity index (χ1) is 9.88. The van der Waals surface area contributed by atoms with Crippen LogP contribution in [0.25, 0.3) is 11.1 Å². The Balaban J connectivity index is 2.17. The van der Waals surface area contributed by atoms with Gasteiger partial charge in [-0.3, -0.25) is 0 Å². The van der Waals surface area contributed by atoms with Crippen molar-refractivity contribution in [3.63, 3.8) is 0 Å². The number of hydrogen-bond donors (Lipinski definition) is 1. The Kier molecular flexibility index (Phi) is 3.18. The lowest BCUT2D eigenvalue weighted by Crippen LogP contribution is -2.18. The van der Waals surface area contributed by atoms with Crippen LogP contribution in [0.1, 0.15) is 29.8 Å². The van der Waals surface area contributed by atoms with Gasteiger partial charge in [0.25, 0.3) is 0 Å². The van der Waals surface area contributed by atoms with Gasteiger partial charge in [-0.1, -0.05) is 37.6 Å². The molecule has 1 N–H and O–H groups in total. The van der Waals surface area contributed by atoms with Gasteiger partial charge in [0.15, 0.2) is 0 Å². The SMILES string of the molecule is CC1(C)COc2ccc(-c3ccc(Cl)cc3C(=O)O)cc21. The Labute approximate surface area is 128 Å². The number of rotatable bonds is 2. The molecule has 0 aliphatic carbocycles. The molecule has 4 heteroatoms. The zero-order valence-corrected chi connectivity index (χ0v) is 12.6. The highest BCUT2D eigenvalue weighted by atomic mass is 35.5. The van der Waals surface area contributed by atoms with Gasteiger partial charge in [-0.2, -0.15) is 0 Å². The molecule has 0 radical (unpaired) electrons. The molecule has 0 amide bonds. The summed E-state index contributed by atoms with van der Waals surface area (Å²) in [5.74, 6) is -0.113. The molecular weight excluding hydrogens is 288 g/mol. The van der Waals surface area contributed by atoms with Crippen molar-refractivity contribution < 1.29 is 14.6 Å². The lowest BCUT2D eigenvalue weighted by atomic mass is 9.85. The molecule has 0 unspecified atom stereocenters. The Morgan fingerprint density at radius 2 is 2.00 bits per heavy atom. The second-order valence-electron chi connectivity index (χ2n) is 5.88. The van der Waals surface area contributed by atoms with Gasteiger partial charge < -0.3 is 9.84 Å². The monoisotopic (exact) mass is 302 g/mol. The molecule has 3 nitrogen and oxygen atoms in total. The molecule has 3 rings (SSSR count). The summed E-state index contributed by atoms with van der Waals surface area (Å²) in [6.45, 7) is 4.86. The molecule has 21 heavy (non-hydrogen) atoms. The van der Waals surface area contributed by atoms with Gasteiger partial charge in [0.1, 0.15) is 5.75 Å². The Bertz CT molecular complexity index is 735. The van der Waals surface area contributed by atoms with Gasteiger partial charge in [-0.05, 0) is 35.4 Å². The summed E-state index contributed by atoms with van der Waals surface area (Å²) in [5.41, 5.74) is 2.77. The van der Waals surface area contributed by atoms with Crippen molar-refractivity contribution in [2.75, 3.05) is 6.61 Å². The number of carboxylic acids is 1. The van der Waals surface area contributed by atoms with Crippen LogP contribution in [-0.4, -0.2) is 17.7 Å². The van der Waals surface area contributed by atoms with Crippen LogP contribution in [0, 0.1) is 0 Å². The van der Waals surface area contributed by atoms with E-state index < -0.39 is 5.97 Å². The third-order valence-electron chi connectivity index (χ3n) is 3.82. The zero-order chi connectivity index (χ0) is 15.2. The van der Waals surface area contributed by atoms with Gasteiger partial charge in [0.2, 0.25) is 0 Å². The van der Waals surface area contributed by atoms with E-state index in [0.717, 1.165) is 16.9 Å². The van der Waals surface area contributed by atoms with Gasteiger partial charge >= 0.3 is 5.97 Å². The number of aromatic carboxylic acids is 1. The maximum Gasteiger partial charge on any atom is 0.336 e. The second kappa shape index (κ2) is 4.78. The molecule has 0 saturated carbocycles. The maximum absolute atomic E-state index is 11.4. The summed E-state index contributed by atoms with van der Waals surface area (Å²) in [6.07, 6.45) is 0. The molecule has 0 atom stereocenters. The smallest absolute Gasteiger partial charge is 0.336 e. The lowest BCUT2D eigenvalue weighted by molar-refractivity contribution is 0.0697. The van der Waals surface area contributed by atoms with Crippen molar-refractivity contribution in [1.29, 1.82) is 0 Å². The van der Waals surface area contributed by atoms with E-state index in [0.29, 0.717) is 17.2 Å². The van der Waals surface area contributed by atoms with Gasteiger partial charge in [0.05, 0.1) is 12.2 Å². The lowest BCUT2D eigenvalue weighted by Gasteiger charge is -2.16. The molecule has 108 valence electrons. The highest BCUT2D eigenvalue weighted by Crippen LogP contribution is 2.41. The molecule has 0 spiro atoms. The van der Waals surface area contributed by atoms with E-state index in [9.17, 15) is 9.90 Å². The van der Waals surface area contributed by atoms with Crippen molar-refractivity contribution in [3.8, 4) is 16.9 Å². The largest absolute Gasteiger partial charge is 0.492 e. The second-order valence-corrected chi connectivity index (χ2v) is 6.31. The van der Waals surface area contributed by atoms with Crippen LogP contribution in [0.15, 0.2) is 36.4 Å². The van der Waals surface area contributed by atoms with E-state index >= 15 is 0 Å². The number of halogens is 1. The number of fused-ring (bicyclic) bond motifs is 1. The van der Waals surface area contributed by atoms with E-state index in [4.69, 9.17) is 16.3 Å². The topological polar surface area (TPSA) is 46.5 Å². The Morgan fingerprint density at radius 1 is 1.24 bits per heavy atom. The van der Waals surface area contributed by atoms with E-state index in [2.05, 4.69) is 13.8 Å². The first-order valence-electron chi connectivity index (χ1n) is 6.69. The van der Waals surface area contributed by atoms with E-state index in [1.807, 2.05) is 18.2 Å². The minimum absolute atomic E-state index is 0.0683. The molecule has 2 aromatic carbocycles. The zero-order valence-electron chi connectivity index (χ0n) is 11.8. The van der Waals surface area contributed by atoms with Crippen LogP contribution >= 0.6 is 11.6 Å². The van der Waals surface area contributed by atoms with E-state index in [1.165, 1.54) is 6.07 Å². The fourth-order valence-corrected chi connectivity index (χ4v) is 2.81. The summed E-state index contributed by atoms with van der Waals surface area (Å²) in [7, 11) is 0. The normalized spacial score (nSPS) is 15.4. The molecule has 0 aromatic heterocycles. The van der Waals surface area contributed by atoms with Crippen molar-refractivity contribution in [2.45, 2.75) is 19.3 Å². The molecule has 0 bridgehead atoms. The average Bonchev–Trinajstić information content (AvgIpc) is 2.74. The van der Waals surface area contributed by atoms with Gasteiger partial charge in [0, 0.05) is 16.0 Å². The third-order valence-corrected chi connectivity index (χ3v) is 4.06. The fourth-order valence-electron chi connectivity index (χ4n) is 2.63. The Morgan fingerprint density at radius 3 is 2.71 bits per heavy atom. The van der Waals surface area contributed by atoms with Crippen LogP contribution in [-0.2, 0) is 5.41 Å². The number of ether oxygens (including phenoxy) is 1. The minimum atomic E-state index is -0.983. The molecular formula is C17H15ClO3. The molecule has 0 saturated heterocycles. The molecule has 1 aliphatic rings. The molecule has 1 heterocycles. The summed E-state index contributed by atoms with van der Waals surface area (Å²) in [6, 6.07) is 10.7. The summed E-state index contributed by atoms with van der Waals surface area (Å²) in [4.78, 5) is 11.4. The predicted molar refractivity (Wildman–Crippen MR) is 82.4 cm³/mol. The van der Waals surface area contributed by atoms with Crippen molar-refractivity contribution >= 4 is 17.6 Å². The third kappa shape index (κ3) is 2.38. The van der Waals surface area contributed by atoms with Gasteiger partial charge in [-0.25, -0.2) is 4.79 Å². The maximum atomic E-state index is 11.4. The molecule has 2 aromatic rings. The van der Waals surface area contributed by atoms with Gasteiger partial charge in [-0.15, -0.1) is 0 Å². The number of carbonyl (C=O) groups is 1. The van der Waals surface area contributed by atoms with Crippen LogP contribution in [0.5, 0.6) is 5.75 Å². The van der Waals surface area contributed by atoms with Crippen LogP contribution in [0.2, 0.25) is 5.02 Å². The summed E-state index contributed by atoms with van der Waals surface area (Å²) >= 11 is 5.90. The highest BCUT2D eigenvalue weighted by molar-refractivity contribution is 6.31. The van der Waals surface area contributed by atoms with Crippen molar-refractivity contribution in [1.82, 2.24) is 0 Å². The number of benzene rings is 2. The van der Waals surface area contributed by atoms with Crippen LogP contribution < -0.4 is 4.74 Å². The minimum Gasteiger partial charge on any atom is -0.492 e. The van der Waals surface area contributed by atoms with E-state index in [-0.39, 0.29) is 11.0 Å². The summed E-state index contributed by atoms with van der Waals surface area (Å²) < 4.78 is 5.66. The fraction of sp³-hybridized carbons (Fsp3) is 0.235. The van der Waals surface area contributed by atoms with Crippen LogP contribution in [0.4, 0.5) is 0 Å². The Hall–Kier alpha value is -2.00. The first-order valence-corrected chi connectivity index (χ1v) is 7.07. The predicted octanol–water partition coefficient (Wildman–Crippen LogP) is 4.38. The number of carboxylic acid groups (broad SMARTS) is 1. The van der Waals surface area contributed by atoms with E-state index in [1.54, 1.807) is 12.1 Å². The summed E-state index contributed by atoms with van der Waals surface area (Å²) in [5, 5.41) is 9.78. The van der Waals surface area contributed by atoms with Crippen molar-refractivity contribution in [2.24, 2.45) is 0 Å². The standard InChI is InChI=1S/C17H15ClO3/c1-17(2)9-21-15-6-3-10(7-14(15)17)12-5-4-11(18)8-13(12)16(19)20/h3-8H,9H2,1-2H3,(H,19,20).